The van der Waals surface area contributed by atoms with E-state index in [1.807, 2.05) is 27.2 Å². The second-order valence-corrected chi connectivity index (χ2v) is 16.8. The second-order valence-electron chi connectivity index (χ2n) is 15.4. The van der Waals surface area contributed by atoms with Crippen molar-refractivity contribution in [2.75, 3.05) is 40.9 Å². The van der Waals surface area contributed by atoms with Crippen molar-refractivity contribution in [1.29, 1.82) is 0 Å². The van der Waals surface area contributed by atoms with E-state index in [1.54, 1.807) is 6.08 Å². The molecule has 0 saturated heterocycles. The molecule has 0 bridgehead atoms. The average molecular weight is 766 g/mol. The normalized spacial score (nSPS) is 15.1. The number of nitrogens with one attached hydrogen (secondary N) is 1. The second kappa shape index (κ2) is 35.9. The summed E-state index contributed by atoms with van der Waals surface area (Å²) in [4.78, 5) is 23.1. The van der Waals surface area contributed by atoms with Gasteiger partial charge in [-0.1, -0.05) is 145 Å². The highest BCUT2D eigenvalue weighted by Gasteiger charge is 2.27. The van der Waals surface area contributed by atoms with Crippen LogP contribution in [0, 0.1) is 0 Å². The van der Waals surface area contributed by atoms with Crippen LogP contribution in [0.5, 0.6) is 0 Å². The fourth-order valence-corrected chi connectivity index (χ4v) is 6.27. The summed E-state index contributed by atoms with van der Waals surface area (Å²) < 4.78 is 23.5. The molecule has 0 aliphatic rings. The van der Waals surface area contributed by atoms with Gasteiger partial charge in [0.25, 0.3) is 0 Å². The van der Waals surface area contributed by atoms with Crippen LogP contribution in [-0.2, 0) is 18.4 Å². The van der Waals surface area contributed by atoms with Crippen LogP contribution in [0.3, 0.4) is 0 Å². The molecule has 3 atom stereocenters. The summed E-state index contributed by atoms with van der Waals surface area (Å²) in [6.45, 7) is 4.71. The molecule has 53 heavy (non-hydrogen) atoms. The summed E-state index contributed by atoms with van der Waals surface area (Å²) in [7, 11) is 1.53. The highest BCUT2D eigenvalue weighted by Crippen LogP contribution is 2.43. The first-order valence-corrected chi connectivity index (χ1v) is 22.7. The maximum atomic E-state index is 12.8. The number of likely N-dealkylation sites (N-methyl/N-ethyl adjacent to an activating group) is 1. The molecule has 0 aliphatic heterocycles. The van der Waals surface area contributed by atoms with Crippen molar-refractivity contribution in [3.8, 4) is 0 Å². The smallest absolute Gasteiger partial charge is 0.387 e. The number of carbonyl (C=O) groups is 1. The lowest BCUT2D eigenvalue weighted by atomic mass is 10.1. The first-order valence-electron chi connectivity index (χ1n) is 21.2. The SMILES string of the molecule is CCCCC/C=C\C=C/CCCCCCCCC(=O)NC(COP(=O)(O)OCC[N+](C)(C)C)C(O)/C=C/CC/C=C/CC/C=C/CCCCCCCC. The van der Waals surface area contributed by atoms with Crippen LogP contribution in [0.25, 0.3) is 0 Å². The third-order valence-electron chi connectivity index (χ3n) is 8.97. The number of phosphoric acid groups is 1. The Bertz CT molecular complexity index is 1050. The Morgan fingerprint density at radius 1 is 0.642 bits per heavy atom. The number of hydrogen-bond acceptors (Lipinski definition) is 5. The van der Waals surface area contributed by atoms with E-state index in [0.717, 1.165) is 64.2 Å². The molecule has 0 aromatic carbocycles. The highest BCUT2D eigenvalue weighted by atomic mass is 31.2. The van der Waals surface area contributed by atoms with Gasteiger partial charge in [0.15, 0.2) is 0 Å². The predicted molar refractivity (Wildman–Crippen MR) is 226 cm³/mol. The standard InChI is InChI=1S/C44H81N2O6P/c1-6-8-10-12-14-16-18-20-22-24-25-27-29-31-33-35-37-43(47)42(41-52-53(49,50)51-40-39-46(3,4)5)45-44(48)38-36-34-32-30-28-26-23-21-19-17-15-13-11-9-7-2/h15,17,19-22,27,29,35,37,42-43,47H,6-14,16,18,23-26,28,30-34,36,38-41H2,1-5H3,(H-,45,48,49,50)/p+1/b17-15-,21-19-,22-20+,29-27+,37-35+. The number of aliphatic hydroxyl groups excluding tert-OH is 1. The number of hydrogen-bond donors (Lipinski definition) is 3. The topological polar surface area (TPSA) is 105 Å². The van der Waals surface area contributed by atoms with Crippen LogP contribution in [-0.4, -0.2) is 73.4 Å². The number of nitrogens with zero attached hydrogens (tertiary/aromatic N) is 1. The molecule has 9 heteroatoms. The number of carbonyl (C=O) groups excluding carboxylic acids is 1. The Balaban J connectivity index is 4.59. The minimum absolute atomic E-state index is 0.0486. The zero-order chi connectivity index (χ0) is 39.3. The van der Waals surface area contributed by atoms with Gasteiger partial charge in [-0.05, 0) is 70.6 Å². The molecule has 3 N–H and O–H groups in total. The van der Waals surface area contributed by atoms with Gasteiger partial charge in [0.2, 0.25) is 5.91 Å². The van der Waals surface area contributed by atoms with Gasteiger partial charge in [0.1, 0.15) is 13.2 Å². The fraction of sp³-hybridized carbons (Fsp3) is 0.750. The summed E-state index contributed by atoms with van der Waals surface area (Å²) in [6, 6.07) is -0.876. The molecular weight excluding hydrogens is 683 g/mol. The van der Waals surface area contributed by atoms with Crippen LogP contribution in [0.2, 0.25) is 0 Å². The van der Waals surface area contributed by atoms with Crippen molar-refractivity contribution < 1.29 is 32.9 Å². The number of unbranched alkanes of at least 4 members (excludes halogenated alkanes) is 17. The maximum absolute atomic E-state index is 12.8. The Kier molecular flexibility index (Phi) is 34.7. The Morgan fingerprint density at radius 2 is 1.09 bits per heavy atom. The van der Waals surface area contributed by atoms with Crippen molar-refractivity contribution >= 4 is 13.7 Å². The summed E-state index contributed by atoms with van der Waals surface area (Å²) in [5.74, 6) is -0.207. The summed E-state index contributed by atoms with van der Waals surface area (Å²) >= 11 is 0. The number of phosphoric ester groups is 1. The monoisotopic (exact) mass is 766 g/mol. The van der Waals surface area contributed by atoms with Crippen LogP contribution >= 0.6 is 7.82 Å². The van der Waals surface area contributed by atoms with E-state index >= 15 is 0 Å². The Hall–Kier alpha value is -1.80. The molecule has 0 rings (SSSR count). The number of allylic oxidation sites excluding steroid dienone is 9. The molecule has 0 aromatic rings. The molecule has 308 valence electrons. The minimum atomic E-state index is -4.35. The number of rotatable bonds is 37. The minimum Gasteiger partial charge on any atom is -0.387 e. The zero-order valence-electron chi connectivity index (χ0n) is 34.7. The van der Waals surface area contributed by atoms with Crippen molar-refractivity contribution in [2.45, 2.75) is 174 Å². The lowest BCUT2D eigenvalue weighted by Crippen LogP contribution is -2.45. The third kappa shape index (κ3) is 38.3. The Morgan fingerprint density at radius 3 is 1.66 bits per heavy atom. The lowest BCUT2D eigenvalue weighted by Gasteiger charge is -2.25. The molecule has 0 spiro atoms. The fourth-order valence-electron chi connectivity index (χ4n) is 5.53. The predicted octanol–water partition coefficient (Wildman–Crippen LogP) is 11.5. The van der Waals surface area contributed by atoms with Crippen LogP contribution in [0.15, 0.2) is 60.8 Å². The van der Waals surface area contributed by atoms with Gasteiger partial charge >= 0.3 is 7.82 Å². The average Bonchev–Trinajstić information content (AvgIpc) is 3.10. The van der Waals surface area contributed by atoms with Gasteiger partial charge in [0.05, 0.1) is 39.9 Å². The van der Waals surface area contributed by atoms with E-state index in [1.165, 1.54) is 77.0 Å². The van der Waals surface area contributed by atoms with Crippen LogP contribution in [0.4, 0.5) is 0 Å². The van der Waals surface area contributed by atoms with Crippen molar-refractivity contribution in [3.05, 3.63) is 60.8 Å². The van der Waals surface area contributed by atoms with E-state index in [4.69, 9.17) is 9.05 Å². The first-order chi connectivity index (χ1) is 25.5. The summed E-state index contributed by atoms with van der Waals surface area (Å²) in [5, 5.41) is 13.8. The molecule has 0 saturated carbocycles. The molecule has 8 nitrogen and oxygen atoms in total. The molecule has 1 amide bonds. The van der Waals surface area contributed by atoms with Gasteiger partial charge < -0.3 is 19.8 Å². The van der Waals surface area contributed by atoms with E-state index in [0.29, 0.717) is 17.4 Å². The van der Waals surface area contributed by atoms with Gasteiger partial charge in [-0.2, -0.15) is 0 Å². The van der Waals surface area contributed by atoms with Crippen molar-refractivity contribution in [3.63, 3.8) is 0 Å². The highest BCUT2D eigenvalue weighted by molar-refractivity contribution is 7.47. The Labute approximate surface area is 326 Å². The quantitative estimate of drug-likeness (QED) is 0.0191. The largest absolute Gasteiger partial charge is 0.472 e. The summed E-state index contributed by atoms with van der Waals surface area (Å²) in [6.07, 6.45) is 45.7. The number of aliphatic hydroxyl groups is 1. The number of quaternary nitrogens is 1. The molecule has 0 radical (unpaired) electrons. The molecule has 3 unspecified atom stereocenters. The molecule has 0 heterocycles. The van der Waals surface area contributed by atoms with Gasteiger partial charge in [-0.15, -0.1) is 0 Å². The van der Waals surface area contributed by atoms with E-state index < -0.39 is 20.0 Å². The maximum Gasteiger partial charge on any atom is 0.472 e. The molecule has 0 aliphatic carbocycles. The van der Waals surface area contributed by atoms with E-state index in [-0.39, 0.29) is 19.1 Å². The van der Waals surface area contributed by atoms with Crippen molar-refractivity contribution in [1.82, 2.24) is 5.32 Å². The van der Waals surface area contributed by atoms with Gasteiger partial charge in [-0.3, -0.25) is 13.8 Å². The molecule has 0 fully saturated rings. The van der Waals surface area contributed by atoms with E-state index in [9.17, 15) is 19.4 Å². The molecule has 0 aromatic heterocycles. The van der Waals surface area contributed by atoms with Crippen LogP contribution < -0.4 is 5.32 Å². The van der Waals surface area contributed by atoms with Gasteiger partial charge in [0, 0.05) is 6.42 Å². The van der Waals surface area contributed by atoms with E-state index in [2.05, 4.69) is 67.8 Å². The molecular formula is C44H82N2O6P+. The van der Waals surface area contributed by atoms with Crippen LogP contribution in [0.1, 0.15) is 162 Å². The van der Waals surface area contributed by atoms with Gasteiger partial charge in [-0.25, -0.2) is 4.57 Å². The van der Waals surface area contributed by atoms with Crippen molar-refractivity contribution in [2.24, 2.45) is 0 Å². The first kappa shape index (κ1) is 51.2. The lowest BCUT2D eigenvalue weighted by molar-refractivity contribution is -0.870. The zero-order valence-corrected chi connectivity index (χ0v) is 35.6. The summed E-state index contributed by atoms with van der Waals surface area (Å²) in [5.41, 5.74) is 0. The third-order valence-corrected chi connectivity index (χ3v) is 9.95. The number of amides is 1.